The molecule has 6 rings (SSSR count). The van der Waals surface area contributed by atoms with Gasteiger partial charge in [0.1, 0.15) is 24.6 Å². The molecule has 0 aliphatic rings. The molecule has 0 aromatic carbocycles. The molecule has 0 spiro atoms. The number of halogens is 2. The van der Waals surface area contributed by atoms with E-state index in [9.17, 15) is 14.4 Å². The molecule has 1 N–H and O–H groups in total. The minimum Gasteiger partial charge on any atom is -0.394 e. The first-order valence-electron chi connectivity index (χ1n) is 13.8. The summed E-state index contributed by atoms with van der Waals surface area (Å²) in [6.07, 6.45) is 12.0. The Bertz CT molecular complexity index is 1790. The van der Waals surface area contributed by atoms with Crippen LogP contribution in [0.2, 0.25) is 0 Å². The molecule has 0 radical (unpaired) electrons. The van der Waals surface area contributed by atoms with Crippen LogP contribution in [0.1, 0.15) is 42.9 Å². The van der Waals surface area contributed by atoms with Crippen LogP contribution in [0.4, 0.5) is 0 Å². The van der Waals surface area contributed by atoms with Crippen LogP contribution < -0.4 is 0 Å². The van der Waals surface area contributed by atoms with Crippen LogP contribution in [0.5, 0.6) is 0 Å². The van der Waals surface area contributed by atoms with Gasteiger partial charge in [-0.25, -0.2) is 29.3 Å². The van der Waals surface area contributed by atoms with E-state index in [1.165, 1.54) is 57.6 Å². The van der Waals surface area contributed by atoms with E-state index in [4.69, 9.17) is 14.6 Å². The largest absolute Gasteiger partial charge is 0.394 e. The number of carbonyl (C=O) groups excluding carboxylic acids is 2. The molecule has 0 aliphatic heterocycles. The van der Waals surface area contributed by atoms with E-state index < -0.39 is 5.97 Å². The zero-order chi connectivity index (χ0) is 35.9. The molecular formula is C31H26Br2N6O6S3Zn. The Morgan fingerprint density at radius 1 is 0.714 bits per heavy atom. The van der Waals surface area contributed by atoms with E-state index in [1.807, 2.05) is 36.4 Å². The fourth-order valence-electron chi connectivity index (χ4n) is 2.99. The average Bonchev–Trinajstić information content (AvgIpc) is 3.94. The summed E-state index contributed by atoms with van der Waals surface area (Å²) in [5.74, 6) is -1.59. The number of esters is 2. The Morgan fingerprint density at radius 2 is 1.20 bits per heavy atom. The third-order valence-corrected chi connectivity index (χ3v) is 8.40. The summed E-state index contributed by atoms with van der Waals surface area (Å²) in [6.45, 7) is 4.32. The molecule has 6 heterocycles. The molecule has 18 heteroatoms. The Labute approximate surface area is 319 Å². The summed E-state index contributed by atoms with van der Waals surface area (Å²) in [6, 6.07) is 16.5. The maximum atomic E-state index is 11.4. The van der Waals surface area contributed by atoms with Gasteiger partial charge in [0.05, 0.1) is 43.2 Å². The van der Waals surface area contributed by atoms with E-state index in [1.54, 1.807) is 50.6 Å². The molecule has 0 fully saturated rings. The van der Waals surface area contributed by atoms with Gasteiger partial charge in [-0.1, -0.05) is 24.5 Å². The number of rotatable bonds is 7. The first kappa shape index (κ1) is 41.5. The number of ether oxygens (including phenoxy) is 2. The molecule has 0 amide bonds. The van der Waals surface area contributed by atoms with Crippen molar-refractivity contribution in [3.05, 3.63) is 117 Å². The van der Waals surface area contributed by atoms with Crippen molar-refractivity contribution < 1.29 is 45.3 Å². The number of aromatic carboxylic acids is 1. The number of hydrogen-bond acceptors (Lipinski definition) is 14. The first-order valence-corrected chi connectivity index (χ1v) is 24.0. The second kappa shape index (κ2) is 24.5. The Morgan fingerprint density at radius 3 is 1.55 bits per heavy atom. The quantitative estimate of drug-likeness (QED) is 0.0931. The van der Waals surface area contributed by atoms with Crippen molar-refractivity contribution in [2.24, 2.45) is 0 Å². The van der Waals surface area contributed by atoms with Crippen LogP contribution >= 0.6 is 63.6 Å². The Balaban J connectivity index is 0.000000232. The smallest absolute Gasteiger partial charge is 0.0813 e. The van der Waals surface area contributed by atoms with E-state index in [2.05, 4.69) is 65.7 Å². The number of aromatic nitrogens is 6. The molecule has 0 atom stereocenters. The van der Waals surface area contributed by atoms with Gasteiger partial charge in [-0.05, 0) is 54.0 Å². The Kier molecular flexibility index (Phi) is 20.7. The van der Waals surface area contributed by atoms with E-state index in [0.29, 0.717) is 37.6 Å². The number of hydrogen-bond donors (Lipinski definition) is 1. The van der Waals surface area contributed by atoms with E-state index >= 15 is 0 Å². The van der Waals surface area contributed by atoms with Gasteiger partial charge in [0.25, 0.3) is 0 Å². The van der Waals surface area contributed by atoms with E-state index in [-0.39, 0.29) is 16.8 Å². The number of pyridine rings is 3. The topological polar surface area (TPSA) is 167 Å². The van der Waals surface area contributed by atoms with Crippen LogP contribution in [-0.4, -0.2) is 66.1 Å². The fourth-order valence-corrected chi connectivity index (χ4v) is 5.66. The van der Waals surface area contributed by atoms with E-state index in [0.717, 1.165) is 22.0 Å². The molecule has 6 aromatic heterocycles. The van der Waals surface area contributed by atoms with Crippen molar-refractivity contribution in [3.63, 3.8) is 0 Å². The summed E-state index contributed by atoms with van der Waals surface area (Å²) in [7, 11) is 0. The predicted molar refractivity (Wildman–Crippen MR) is 191 cm³/mol. The zero-order valence-corrected chi connectivity index (χ0v) is 34.5. The summed E-state index contributed by atoms with van der Waals surface area (Å²) >= 11 is 11.1. The second-order valence-corrected chi connectivity index (χ2v) is 12.5. The maximum absolute atomic E-state index is 11.4. The zero-order valence-electron chi connectivity index (χ0n) is 25.9. The van der Waals surface area contributed by atoms with Crippen molar-refractivity contribution in [1.82, 2.24) is 29.9 Å². The monoisotopic (exact) mass is 896 g/mol. The Hall–Kier alpha value is -3.67. The van der Waals surface area contributed by atoms with Crippen LogP contribution in [0.3, 0.4) is 0 Å². The molecular weight excluding hydrogens is 874 g/mol. The SMILES string of the molecule is CCOC(=O)c1cnc(-c2ccccn2)s1.CCOC(=O)c1cnc(Br)s1.O=C(O)c1cnc(-c2ccccn2)s1.[Zn+][Br].[c-]1ccccn1. The van der Waals surface area contributed by atoms with Crippen LogP contribution in [0.25, 0.3) is 21.4 Å². The minimum absolute atomic E-state index is 0.227. The number of carbonyl (C=O) groups is 3. The molecule has 12 nitrogen and oxygen atoms in total. The molecule has 0 saturated carbocycles. The number of nitrogens with zero attached hydrogens (tertiary/aromatic N) is 6. The minimum atomic E-state index is -0.954. The predicted octanol–water partition coefficient (Wildman–Crippen LogP) is 8.09. The fraction of sp³-hybridized carbons (Fsp3) is 0.129. The summed E-state index contributed by atoms with van der Waals surface area (Å²) in [4.78, 5) is 58.1. The molecule has 0 saturated heterocycles. The van der Waals surface area contributed by atoms with Gasteiger partial charge in [-0.2, -0.15) is 18.2 Å². The maximum Gasteiger partial charge on any atom is -0.0813 e. The van der Waals surface area contributed by atoms with Gasteiger partial charge >= 0.3 is 47.9 Å². The van der Waals surface area contributed by atoms with Gasteiger partial charge in [-0.15, -0.1) is 34.0 Å². The summed E-state index contributed by atoms with van der Waals surface area (Å²) in [5, 5.41) is 10.0. The van der Waals surface area contributed by atoms with Gasteiger partial charge < -0.3 is 19.6 Å². The average molecular weight is 900 g/mol. The van der Waals surface area contributed by atoms with Crippen molar-refractivity contribution in [2.45, 2.75) is 13.8 Å². The molecule has 0 bridgehead atoms. The van der Waals surface area contributed by atoms with Crippen LogP contribution in [-0.2, 0) is 25.8 Å². The molecule has 0 aliphatic carbocycles. The molecule has 250 valence electrons. The van der Waals surface area contributed by atoms with Crippen molar-refractivity contribution in [1.29, 1.82) is 0 Å². The molecule has 49 heavy (non-hydrogen) atoms. The third-order valence-electron chi connectivity index (χ3n) is 4.94. The van der Waals surface area contributed by atoms with Crippen molar-refractivity contribution >= 4 is 81.5 Å². The summed E-state index contributed by atoms with van der Waals surface area (Å²) in [5.41, 5.74) is 1.47. The summed E-state index contributed by atoms with van der Waals surface area (Å²) < 4.78 is 10.3. The third kappa shape index (κ3) is 15.6. The van der Waals surface area contributed by atoms with Crippen LogP contribution in [0, 0.1) is 6.20 Å². The van der Waals surface area contributed by atoms with Gasteiger partial charge in [0.2, 0.25) is 0 Å². The normalized spacial score (nSPS) is 9.43. The van der Waals surface area contributed by atoms with Gasteiger partial charge in [-0.3, -0.25) is 9.97 Å². The van der Waals surface area contributed by atoms with Crippen molar-refractivity contribution in [3.8, 4) is 21.4 Å². The van der Waals surface area contributed by atoms with Gasteiger partial charge in [0, 0.05) is 12.4 Å². The number of carboxylic acid groups (broad SMARTS) is 1. The first-order chi connectivity index (χ1) is 23.8. The molecule has 6 aromatic rings. The van der Waals surface area contributed by atoms with Gasteiger partial charge in [0.15, 0.2) is 3.92 Å². The number of carboxylic acids is 1. The second-order valence-electron chi connectivity index (χ2n) is 8.17. The standard InChI is InChI=1S/C11H10N2O2S.C9H6N2O2S.C6H6BrNO2S.C5H4N.BrH.Zn/c1-2-15-11(14)9-7-13-10(16-9)8-5-3-4-6-12-8;12-9(13)7-5-11-8(14-7)6-3-1-2-4-10-6;1-2-10-5(9)4-3-8-6(7)11-4;1-2-4-6-5-3-1;;/h3-7H,2H2,1H3;1-5H,(H,12,13);3H,2H2,1H3;1-4H;1H;/q;;;-1;;+2/p-1. The van der Waals surface area contributed by atoms with Crippen molar-refractivity contribution in [2.75, 3.05) is 13.2 Å². The van der Waals surface area contributed by atoms with Crippen LogP contribution in [0.15, 0.2) is 95.7 Å². The molecule has 0 unspecified atom stereocenters. The number of thiazole rings is 3.